The van der Waals surface area contributed by atoms with Crippen molar-refractivity contribution in [3.05, 3.63) is 54.1 Å². The molecule has 11 heteroatoms. The number of sulfonamides is 1. The Bertz CT molecular complexity index is 978. The fourth-order valence-corrected chi connectivity index (χ4v) is 3.03. The maximum Gasteiger partial charge on any atom is 0.387 e. The number of rotatable bonds is 8. The number of anilines is 1. The van der Waals surface area contributed by atoms with Crippen molar-refractivity contribution in [2.75, 3.05) is 26.0 Å². The molecule has 2 rings (SSSR count). The average molecular weight is 428 g/mol. The Labute approximate surface area is 166 Å². The van der Waals surface area contributed by atoms with Crippen LogP contribution in [0, 0.1) is 0 Å². The molecular formula is C18H18F2N2O6S. The number of alkyl halides is 2. The third-order valence-corrected chi connectivity index (χ3v) is 5.38. The van der Waals surface area contributed by atoms with E-state index >= 15 is 0 Å². The molecule has 0 spiro atoms. The van der Waals surface area contributed by atoms with Crippen LogP contribution in [0.5, 0.6) is 5.75 Å². The molecule has 0 aliphatic heterocycles. The normalized spacial score (nSPS) is 11.4. The first-order valence-electron chi connectivity index (χ1n) is 8.14. The zero-order valence-electron chi connectivity index (χ0n) is 15.5. The summed E-state index contributed by atoms with van der Waals surface area (Å²) in [5, 5.41) is 2.45. The van der Waals surface area contributed by atoms with Gasteiger partial charge in [-0.05, 0) is 42.5 Å². The summed E-state index contributed by atoms with van der Waals surface area (Å²) in [6, 6.07) is 10.4. The second-order valence-corrected chi connectivity index (χ2v) is 7.99. The Morgan fingerprint density at radius 2 is 1.76 bits per heavy atom. The van der Waals surface area contributed by atoms with Crippen LogP contribution < -0.4 is 10.1 Å². The minimum absolute atomic E-state index is 0.0535. The molecule has 0 unspecified atom stereocenters. The molecular weight excluding hydrogens is 410 g/mol. The number of carbonyl (C=O) groups excluding carboxylic acids is 2. The standard InChI is InChI=1S/C18H18F2N2O6S/c1-22(2)29(25,26)15-8-6-13(7-9-15)21-16(23)11-27-17(24)12-4-3-5-14(10-12)28-18(19)20/h3-10,18H,11H2,1-2H3,(H,21,23). The van der Waals surface area contributed by atoms with Gasteiger partial charge >= 0.3 is 12.6 Å². The smallest absolute Gasteiger partial charge is 0.387 e. The van der Waals surface area contributed by atoms with Crippen LogP contribution in [0.3, 0.4) is 0 Å². The molecule has 2 aromatic carbocycles. The van der Waals surface area contributed by atoms with Gasteiger partial charge in [-0.1, -0.05) is 6.07 Å². The number of benzene rings is 2. The van der Waals surface area contributed by atoms with Gasteiger partial charge in [0.25, 0.3) is 5.91 Å². The molecule has 156 valence electrons. The summed E-state index contributed by atoms with van der Waals surface area (Å²) in [7, 11) is -0.796. The summed E-state index contributed by atoms with van der Waals surface area (Å²) < 4.78 is 58.5. The maximum absolute atomic E-state index is 12.2. The highest BCUT2D eigenvalue weighted by molar-refractivity contribution is 7.89. The number of carbonyl (C=O) groups is 2. The first-order chi connectivity index (χ1) is 13.6. The molecule has 29 heavy (non-hydrogen) atoms. The highest BCUT2D eigenvalue weighted by Gasteiger charge is 2.17. The third-order valence-electron chi connectivity index (χ3n) is 3.55. The topological polar surface area (TPSA) is 102 Å². The van der Waals surface area contributed by atoms with Gasteiger partial charge in [0.05, 0.1) is 10.5 Å². The lowest BCUT2D eigenvalue weighted by atomic mass is 10.2. The Morgan fingerprint density at radius 3 is 2.34 bits per heavy atom. The minimum atomic E-state index is -3.59. The van der Waals surface area contributed by atoms with Gasteiger partial charge in [0, 0.05) is 19.8 Å². The first kappa shape index (κ1) is 22.2. The second kappa shape index (κ2) is 9.43. The quantitative estimate of drug-likeness (QED) is 0.648. The van der Waals surface area contributed by atoms with Crippen LogP contribution in [0.1, 0.15) is 10.4 Å². The van der Waals surface area contributed by atoms with E-state index in [9.17, 15) is 26.8 Å². The molecule has 1 amide bonds. The van der Waals surface area contributed by atoms with Gasteiger partial charge in [-0.2, -0.15) is 8.78 Å². The third kappa shape index (κ3) is 6.22. The van der Waals surface area contributed by atoms with Crippen molar-refractivity contribution in [3.63, 3.8) is 0 Å². The van der Waals surface area contributed by atoms with Gasteiger partial charge in [0.1, 0.15) is 5.75 Å². The van der Waals surface area contributed by atoms with Crippen LogP contribution in [0.25, 0.3) is 0 Å². The SMILES string of the molecule is CN(C)S(=O)(=O)c1ccc(NC(=O)COC(=O)c2cccc(OC(F)F)c2)cc1. The Balaban J connectivity index is 1.92. The van der Waals surface area contributed by atoms with E-state index in [2.05, 4.69) is 10.1 Å². The van der Waals surface area contributed by atoms with Gasteiger partial charge in [0.2, 0.25) is 10.0 Å². The fraction of sp³-hybridized carbons (Fsp3) is 0.222. The molecule has 2 aromatic rings. The highest BCUT2D eigenvalue weighted by atomic mass is 32.2. The lowest BCUT2D eigenvalue weighted by Gasteiger charge is -2.12. The second-order valence-electron chi connectivity index (χ2n) is 5.84. The summed E-state index contributed by atoms with van der Waals surface area (Å²) in [5.41, 5.74) is 0.241. The van der Waals surface area contributed by atoms with Crippen LogP contribution in [0.2, 0.25) is 0 Å². The highest BCUT2D eigenvalue weighted by Crippen LogP contribution is 2.18. The molecule has 1 N–H and O–H groups in total. The fourth-order valence-electron chi connectivity index (χ4n) is 2.13. The van der Waals surface area contributed by atoms with Gasteiger partial charge in [-0.25, -0.2) is 17.5 Å². The Hall–Kier alpha value is -3.05. The number of halogens is 2. The monoisotopic (exact) mass is 428 g/mol. The molecule has 0 heterocycles. The van der Waals surface area contributed by atoms with Crippen LogP contribution in [0.15, 0.2) is 53.4 Å². The molecule has 0 aliphatic rings. The van der Waals surface area contributed by atoms with Gasteiger partial charge in [-0.15, -0.1) is 0 Å². The predicted octanol–water partition coefficient (Wildman–Crippen LogP) is 2.33. The molecule has 0 aliphatic carbocycles. The number of ether oxygens (including phenoxy) is 2. The van der Waals surface area contributed by atoms with E-state index in [1.54, 1.807) is 0 Å². The van der Waals surface area contributed by atoms with Crippen molar-refractivity contribution in [2.45, 2.75) is 11.5 Å². The van der Waals surface area contributed by atoms with E-state index in [4.69, 9.17) is 4.74 Å². The molecule has 0 fully saturated rings. The largest absolute Gasteiger partial charge is 0.452 e. The number of nitrogens with one attached hydrogen (secondary N) is 1. The van der Waals surface area contributed by atoms with E-state index in [0.717, 1.165) is 10.4 Å². The summed E-state index contributed by atoms with van der Waals surface area (Å²) in [6.07, 6.45) is 0. The number of amides is 1. The van der Waals surface area contributed by atoms with Crippen molar-refractivity contribution in [1.82, 2.24) is 4.31 Å². The predicted molar refractivity (Wildman–Crippen MR) is 99.3 cm³/mol. The number of hydrogen-bond donors (Lipinski definition) is 1. The van der Waals surface area contributed by atoms with Crippen LogP contribution in [-0.4, -0.2) is 51.9 Å². The van der Waals surface area contributed by atoms with E-state index in [1.807, 2.05) is 0 Å². The molecule has 0 bridgehead atoms. The molecule has 0 saturated carbocycles. The lowest BCUT2D eigenvalue weighted by molar-refractivity contribution is -0.119. The van der Waals surface area contributed by atoms with Crippen molar-refractivity contribution in [2.24, 2.45) is 0 Å². The van der Waals surface area contributed by atoms with Crippen molar-refractivity contribution in [1.29, 1.82) is 0 Å². The van der Waals surface area contributed by atoms with Crippen molar-refractivity contribution >= 4 is 27.6 Å². The lowest BCUT2D eigenvalue weighted by Crippen LogP contribution is -2.22. The zero-order valence-corrected chi connectivity index (χ0v) is 16.3. The summed E-state index contributed by atoms with van der Waals surface area (Å²) in [4.78, 5) is 23.9. The van der Waals surface area contributed by atoms with Crippen molar-refractivity contribution in [3.8, 4) is 5.75 Å². The van der Waals surface area contributed by atoms with Gasteiger partial charge < -0.3 is 14.8 Å². The molecule has 0 aromatic heterocycles. The average Bonchev–Trinajstić information content (AvgIpc) is 2.66. The van der Waals surface area contributed by atoms with Crippen LogP contribution >= 0.6 is 0 Å². The molecule has 8 nitrogen and oxygen atoms in total. The molecule has 0 saturated heterocycles. The first-order valence-corrected chi connectivity index (χ1v) is 9.58. The van der Waals surface area contributed by atoms with Crippen LogP contribution in [0.4, 0.5) is 14.5 Å². The summed E-state index contributed by atoms with van der Waals surface area (Å²) in [5.74, 6) is -1.78. The molecule has 0 radical (unpaired) electrons. The van der Waals surface area contributed by atoms with E-state index in [1.165, 1.54) is 56.6 Å². The van der Waals surface area contributed by atoms with Gasteiger partial charge in [-0.3, -0.25) is 4.79 Å². The minimum Gasteiger partial charge on any atom is -0.452 e. The number of hydrogen-bond acceptors (Lipinski definition) is 6. The number of nitrogens with zero attached hydrogens (tertiary/aromatic N) is 1. The summed E-state index contributed by atoms with van der Waals surface area (Å²) >= 11 is 0. The maximum atomic E-state index is 12.2. The van der Waals surface area contributed by atoms with Gasteiger partial charge in [0.15, 0.2) is 6.61 Å². The van der Waals surface area contributed by atoms with E-state index < -0.39 is 35.1 Å². The Morgan fingerprint density at radius 1 is 1.10 bits per heavy atom. The zero-order chi connectivity index (χ0) is 21.6. The van der Waals surface area contributed by atoms with Crippen molar-refractivity contribution < 1.29 is 36.3 Å². The molecule has 0 atom stereocenters. The van der Waals surface area contributed by atoms with Crippen LogP contribution in [-0.2, 0) is 19.6 Å². The van der Waals surface area contributed by atoms with E-state index in [-0.39, 0.29) is 16.2 Å². The Kier molecular flexibility index (Phi) is 7.23. The van der Waals surface area contributed by atoms with E-state index in [0.29, 0.717) is 5.69 Å². The number of esters is 1. The summed E-state index contributed by atoms with van der Waals surface area (Å²) in [6.45, 7) is -3.66.